The first kappa shape index (κ1) is 15.4. The number of rotatable bonds is 3. The standard InChI is InChI=1S/C16H13IN2O2S/c1-10-3-2-4-13(9-10)19-15(20)14(22-16(19)21)18-12-7-5-11(17)6-8-12/h2-9,14,18H,1H3/t14-/m0/s1. The van der Waals surface area contributed by atoms with E-state index in [0.29, 0.717) is 5.69 Å². The lowest BCUT2D eigenvalue weighted by Gasteiger charge is -2.15. The molecule has 6 heteroatoms. The SMILES string of the molecule is Cc1cccc(N2C(=O)S[C@H](Nc3ccc(I)cc3)C2=O)c1. The average Bonchev–Trinajstić information content (AvgIpc) is 2.76. The summed E-state index contributed by atoms with van der Waals surface area (Å²) in [7, 11) is 0. The molecule has 4 nitrogen and oxygen atoms in total. The maximum Gasteiger partial charge on any atom is 0.295 e. The Balaban J connectivity index is 1.81. The lowest BCUT2D eigenvalue weighted by atomic mass is 10.2. The summed E-state index contributed by atoms with van der Waals surface area (Å²) < 4.78 is 1.12. The van der Waals surface area contributed by atoms with E-state index in [-0.39, 0.29) is 11.1 Å². The molecule has 0 saturated carbocycles. The zero-order valence-electron chi connectivity index (χ0n) is 11.7. The monoisotopic (exact) mass is 424 g/mol. The van der Waals surface area contributed by atoms with Gasteiger partial charge in [0.2, 0.25) is 0 Å². The van der Waals surface area contributed by atoms with Crippen molar-refractivity contribution in [1.82, 2.24) is 0 Å². The molecule has 2 aromatic rings. The van der Waals surface area contributed by atoms with Gasteiger partial charge in [-0.15, -0.1) is 0 Å². The quantitative estimate of drug-likeness (QED) is 0.750. The number of carbonyl (C=O) groups is 2. The van der Waals surface area contributed by atoms with Gasteiger partial charge in [-0.1, -0.05) is 12.1 Å². The van der Waals surface area contributed by atoms with Crippen molar-refractivity contribution in [2.75, 3.05) is 10.2 Å². The Bertz CT molecular complexity index is 733. The zero-order valence-corrected chi connectivity index (χ0v) is 14.7. The first-order chi connectivity index (χ1) is 10.5. The highest BCUT2D eigenvalue weighted by atomic mass is 127. The molecule has 2 aromatic carbocycles. The number of hydrogen-bond acceptors (Lipinski definition) is 4. The van der Waals surface area contributed by atoms with Crippen LogP contribution in [0.5, 0.6) is 0 Å². The Morgan fingerprint density at radius 3 is 2.55 bits per heavy atom. The molecule has 1 aliphatic rings. The number of imide groups is 1. The van der Waals surface area contributed by atoms with Gasteiger partial charge < -0.3 is 5.32 Å². The maximum absolute atomic E-state index is 12.5. The molecule has 0 spiro atoms. The summed E-state index contributed by atoms with van der Waals surface area (Å²) >= 11 is 3.23. The minimum atomic E-state index is -0.590. The Morgan fingerprint density at radius 1 is 1.14 bits per heavy atom. The van der Waals surface area contributed by atoms with Crippen LogP contribution in [0, 0.1) is 10.5 Å². The number of amides is 2. The highest BCUT2D eigenvalue weighted by Crippen LogP contribution is 2.32. The molecule has 1 N–H and O–H groups in total. The summed E-state index contributed by atoms with van der Waals surface area (Å²) in [6, 6.07) is 15.1. The van der Waals surface area contributed by atoms with Crippen molar-refractivity contribution in [3.63, 3.8) is 0 Å². The number of anilines is 2. The van der Waals surface area contributed by atoms with E-state index in [2.05, 4.69) is 27.9 Å². The molecule has 1 saturated heterocycles. The number of carbonyl (C=O) groups excluding carboxylic acids is 2. The number of aryl methyl sites for hydroxylation is 1. The second-order valence-corrected chi connectivity index (χ2v) is 7.23. The van der Waals surface area contributed by atoms with Crippen LogP contribution in [-0.2, 0) is 4.79 Å². The van der Waals surface area contributed by atoms with Crippen LogP contribution >= 0.6 is 34.4 Å². The predicted molar refractivity (Wildman–Crippen MR) is 98.2 cm³/mol. The number of nitrogens with zero attached hydrogens (tertiary/aromatic N) is 1. The Morgan fingerprint density at radius 2 is 1.86 bits per heavy atom. The van der Waals surface area contributed by atoms with Crippen LogP contribution in [0.1, 0.15) is 5.56 Å². The lowest BCUT2D eigenvalue weighted by Crippen LogP contribution is -2.34. The molecule has 1 fully saturated rings. The van der Waals surface area contributed by atoms with Crippen LogP contribution in [0.2, 0.25) is 0 Å². The minimum absolute atomic E-state index is 0.237. The van der Waals surface area contributed by atoms with E-state index >= 15 is 0 Å². The highest BCUT2D eigenvalue weighted by molar-refractivity contribution is 14.1. The van der Waals surface area contributed by atoms with Gasteiger partial charge >= 0.3 is 0 Å². The van der Waals surface area contributed by atoms with E-state index < -0.39 is 5.37 Å². The number of hydrogen-bond donors (Lipinski definition) is 1. The number of nitrogens with one attached hydrogen (secondary N) is 1. The van der Waals surface area contributed by atoms with Crippen molar-refractivity contribution in [2.45, 2.75) is 12.3 Å². The van der Waals surface area contributed by atoms with Crippen molar-refractivity contribution >= 4 is 56.9 Å². The Labute approximate surface area is 146 Å². The van der Waals surface area contributed by atoms with Crippen molar-refractivity contribution in [3.8, 4) is 0 Å². The number of halogens is 1. The van der Waals surface area contributed by atoms with E-state index in [1.807, 2.05) is 49.4 Å². The van der Waals surface area contributed by atoms with Crippen LogP contribution in [0.3, 0.4) is 0 Å². The highest BCUT2D eigenvalue weighted by Gasteiger charge is 2.40. The molecule has 0 unspecified atom stereocenters. The van der Waals surface area contributed by atoms with E-state index in [1.54, 1.807) is 6.07 Å². The van der Waals surface area contributed by atoms with Gasteiger partial charge in [0, 0.05) is 9.26 Å². The van der Waals surface area contributed by atoms with Crippen LogP contribution in [-0.4, -0.2) is 16.5 Å². The average molecular weight is 424 g/mol. The first-order valence-corrected chi connectivity index (χ1v) is 8.64. The number of benzene rings is 2. The van der Waals surface area contributed by atoms with Gasteiger partial charge in [0.05, 0.1) is 5.69 Å². The maximum atomic E-state index is 12.5. The largest absolute Gasteiger partial charge is 0.365 e. The fourth-order valence-electron chi connectivity index (χ4n) is 2.20. The third-order valence-electron chi connectivity index (χ3n) is 3.25. The molecular weight excluding hydrogens is 411 g/mol. The van der Waals surface area contributed by atoms with Crippen molar-refractivity contribution in [1.29, 1.82) is 0 Å². The molecule has 0 bridgehead atoms. The van der Waals surface area contributed by atoms with E-state index in [9.17, 15) is 9.59 Å². The summed E-state index contributed by atoms with van der Waals surface area (Å²) in [5.41, 5.74) is 2.46. The van der Waals surface area contributed by atoms with Crippen molar-refractivity contribution in [2.24, 2.45) is 0 Å². The van der Waals surface area contributed by atoms with Crippen LogP contribution < -0.4 is 10.2 Å². The van der Waals surface area contributed by atoms with E-state index in [4.69, 9.17) is 0 Å². The van der Waals surface area contributed by atoms with Gasteiger partial charge in [0.15, 0.2) is 5.37 Å². The predicted octanol–water partition coefficient (Wildman–Crippen LogP) is 4.24. The van der Waals surface area contributed by atoms with E-state index in [1.165, 1.54) is 4.90 Å². The van der Waals surface area contributed by atoms with Gasteiger partial charge in [-0.05, 0) is 83.2 Å². The molecule has 0 aromatic heterocycles. The molecule has 1 atom stereocenters. The molecule has 1 aliphatic heterocycles. The summed E-state index contributed by atoms with van der Waals surface area (Å²) in [5.74, 6) is -0.237. The summed E-state index contributed by atoms with van der Waals surface area (Å²) in [6.45, 7) is 1.93. The smallest absolute Gasteiger partial charge is 0.295 e. The normalized spacial score (nSPS) is 17.9. The summed E-state index contributed by atoms with van der Waals surface area (Å²) in [6.07, 6.45) is 0. The van der Waals surface area contributed by atoms with Gasteiger partial charge in [-0.3, -0.25) is 9.59 Å². The molecule has 0 radical (unpaired) electrons. The van der Waals surface area contributed by atoms with Crippen LogP contribution in [0.15, 0.2) is 48.5 Å². The molecule has 0 aliphatic carbocycles. The third-order valence-corrected chi connectivity index (χ3v) is 4.91. The van der Waals surface area contributed by atoms with Crippen molar-refractivity contribution < 1.29 is 9.59 Å². The molecule has 3 rings (SSSR count). The van der Waals surface area contributed by atoms with E-state index in [0.717, 1.165) is 26.6 Å². The first-order valence-electron chi connectivity index (χ1n) is 6.68. The minimum Gasteiger partial charge on any atom is -0.365 e. The molecule has 112 valence electrons. The molecule has 1 heterocycles. The third kappa shape index (κ3) is 3.12. The topological polar surface area (TPSA) is 49.4 Å². The Kier molecular flexibility index (Phi) is 4.39. The van der Waals surface area contributed by atoms with Gasteiger partial charge in [-0.2, -0.15) is 0 Å². The lowest BCUT2D eigenvalue weighted by molar-refractivity contribution is -0.116. The van der Waals surface area contributed by atoms with Crippen molar-refractivity contribution in [3.05, 3.63) is 57.7 Å². The van der Waals surface area contributed by atoms with Gasteiger partial charge in [0.1, 0.15) is 0 Å². The summed E-state index contributed by atoms with van der Waals surface area (Å²) in [4.78, 5) is 25.9. The van der Waals surface area contributed by atoms with Crippen LogP contribution in [0.25, 0.3) is 0 Å². The zero-order chi connectivity index (χ0) is 15.7. The second-order valence-electron chi connectivity index (χ2n) is 4.93. The fraction of sp³-hybridized carbons (Fsp3) is 0.125. The Hall–Kier alpha value is -1.54. The molecule has 22 heavy (non-hydrogen) atoms. The van der Waals surface area contributed by atoms with Gasteiger partial charge in [0.25, 0.3) is 11.1 Å². The molecular formula is C16H13IN2O2S. The summed E-state index contributed by atoms with van der Waals surface area (Å²) in [5, 5.41) is 2.27. The molecule has 2 amide bonds. The fourth-order valence-corrected chi connectivity index (χ4v) is 3.46. The number of thioether (sulfide) groups is 1. The second kappa shape index (κ2) is 6.29. The van der Waals surface area contributed by atoms with Gasteiger partial charge in [-0.25, -0.2) is 4.90 Å². The van der Waals surface area contributed by atoms with Crippen LogP contribution in [0.4, 0.5) is 16.2 Å².